The van der Waals surface area contributed by atoms with Gasteiger partial charge in [-0.2, -0.15) is 0 Å². The minimum absolute atomic E-state index is 0.626. The van der Waals surface area contributed by atoms with Crippen molar-refractivity contribution in [1.29, 1.82) is 0 Å². The van der Waals surface area contributed by atoms with Crippen molar-refractivity contribution in [3.8, 4) is 0 Å². The first-order valence-electron chi connectivity index (χ1n) is 5.71. The number of hydrogen-bond donors (Lipinski definition) is 1. The summed E-state index contributed by atoms with van der Waals surface area (Å²) in [7, 11) is 0. The number of thiophene rings is 1. The number of hydrogen-bond acceptors (Lipinski definition) is 3. The smallest absolute Gasteiger partial charge is 0.0931 e. The van der Waals surface area contributed by atoms with E-state index >= 15 is 0 Å². The molecule has 92 valence electrons. The van der Waals surface area contributed by atoms with Crippen molar-refractivity contribution < 1.29 is 4.74 Å². The Bertz CT molecular complexity index is 288. The van der Waals surface area contributed by atoms with Crippen LogP contribution in [0.25, 0.3) is 0 Å². The molecule has 0 saturated carbocycles. The van der Waals surface area contributed by atoms with Crippen LogP contribution in [0.3, 0.4) is 0 Å². The van der Waals surface area contributed by atoms with Crippen molar-refractivity contribution in [3.05, 3.63) is 21.3 Å². The van der Waals surface area contributed by atoms with Crippen LogP contribution in [0.5, 0.6) is 0 Å². The van der Waals surface area contributed by atoms with Gasteiger partial charge < -0.3 is 10.1 Å². The third-order valence-electron chi connectivity index (χ3n) is 2.02. The third kappa shape index (κ3) is 6.48. The Morgan fingerprint density at radius 2 is 2.25 bits per heavy atom. The third-order valence-corrected chi connectivity index (χ3v) is 3.25. The van der Waals surface area contributed by atoms with E-state index in [9.17, 15) is 0 Å². The average molecular weight is 262 g/mol. The largest absolute Gasteiger partial charge is 0.381 e. The van der Waals surface area contributed by atoms with Crippen molar-refractivity contribution in [3.63, 3.8) is 0 Å². The highest BCUT2D eigenvalue weighted by atomic mass is 35.5. The SMILES string of the molecule is CC(C)COCCCNCc1ccc(Cl)s1. The van der Waals surface area contributed by atoms with Gasteiger partial charge in [-0.05, 0) is 31.0 Å². The molecule has 1 aromatic heterocycles. The van der Waals surface area contributed by atoms with Crippen molar-refractivity contribution in [2.24, 2.45) is 5.92 Å². The van der Waals surface area contributed by atoms with Crippen LogP contribution in [-0.4, -0.2) is 19.8 Å². The lowest BCUT2D eigenvalue weighted by Crippen LogP contribution is -2.16. The maximum absolute atomic E-state index is 5.84. The van der Waals surface area contributed by atoms with Gasteiger partial charge in [0.15, 0.2) is 0 Å². The molecule has 1 aromatic rings. The lowest BCUT2D eigenvalue weighted by molar-refractivity contribution is 0.108. The minimum atomic E-state index is 0.626. The van der Waals surface area contributed by atoms with Gasteiger partial charge in [-0.25, -0.2) is 0 Å². The predicted octanol–water partition coefficient (Wildman–Crippen LogP) is 3.55. The Labute approximate surface area is 107 Å². The van der Waals surface area contributed by atoms with Gasteiger partial charge in [-0.15, -0.1) is 11.3 Å². The van der Waals surface area contributed by atoms with Crippen molar-refractivity contribution in [1.82, 2.24) is 5.32 Å². The van der Waals surface area contributed by atoms with Crippen LogP contribution in [0, 0.1) is 5.92 Å². The topological polar surface area (TPSA) is 21.3 Å². The minimum Gasteiger partial charge on any atom is -0.381 e. The number of rotatable bonds is 8. The zero-order valence-corrected chi connectivity index (χ0v) is 11.5. The molecule has 0 aliphatic carbocycles. The van der Waals surface area contributed by atoms with Crippen LogP contribution in [0.2, 0.25) is 4.34 Å². The molecular weight excluding hydrogens is 242 g/mol. The summed E-state index contributed by atoms with van der Waals surface area (Å²) in [6.07, 6.45) is 1.06. The molecule has 0 atom stereocenters. The van der Waals surface area contributed by atoms with Gasteiger partial charge in [-0.1, -0.05) is 25.4 Å². The first-order valence-corrected chi connectivity index (χ1v) is 6.90. The van der Waals surface area contributed by atoms with Crippen LogP contribution >= 0.6 is 22.9 Å². The molecule has 1 heterocycles. The van der Waals surface area contributed by atoms with Crippen LogP contribution in [0.15, 0.2) is 12.1 Å². The Kier molecular flexibility index (Phi) is 7.05. The summed E-state index contributed by atoms with van der Waals surface area (Å²) in [6, 6.07) is 4.00. The highest BCUT2D eigenvalue weighted by Crippen LogP contribution is 2.20. The second-order valence-electron chi connectivity index (χ2n) is 4.20. The predicted molar refractivity (Wildman–Crippen MR) is 71.3 cm³/mol. The number of halogens is 1. The summed E-state index contributed by atoms with van der Waals surface area (Å²) in [6.45, 7) is 7.93. The molecule has 0 spiro atoms. The molecule has 1 rings (SSSR count). The molecule has 0 fully saturated rings. The van der Waals surface area contributed by atoms with E-state index in [1.54, 1.807) is 11.3 Å². The Morgan fingerprint density at radius 1 is 1.44 bits per heavy atom. The summed E-state index contributed by atoms with van der Waals surface area (Å²) >= 11 is 7.47. The Morgan fingerprint density at radius 3 is 2.88 bits per heavy atom. The van der Waals surface area contributed by atoms with Gasteiger partial charge in [0.05, 0.1) is 4.34 Å². The van der Waals surface area contributed by atoms with Crippen LogP contribution in [0.4, 0.5) is 0 Å². The van der Waals surface area contributed by atoms with E-state index in [0.29, 0.717) is 5.92 Å². The molecule has 0 bridgehead atoms. The molecule has 0 aliphatic heterocycles. The first-order chi connectivity index (χ1) is 7.68. The first kappa shape index (κ1) is 14.0. The molecule has 4 heteroatoms. The van der Waals surface area contributed by atoms with Crippen LogP contribution in [-0.2, 0) is 11.3 Å². The molecule has 0 aromatic carbocycles. The molecule has 0 amide bonds. The fourth-order valence-electron chi connectivity index (χ4n) is 1.28. The van der Waals surface area contributed by atoms with E-state index in [4.69, 9.17) is 16.3 Å². The zero-order valence-electron chi connectivity index (χ0n) is 9.96. The van der Waals surface area contributed by atoms with E-state index in [2.05, 4.69) is 25.2 Å². The van der Waals surface area contributed by atoms with Crippen LogP contribution in [0.1, 0.15) is 25.1 Å². The number of nitrogens with one attached hydrogen (secondary N) is 1. The normalized spacial score (nSPS) is 11.2. The molecule has 0 radical (unpaired) electrons. The maximum atomic E-state index is 5.84. The van der Waals surface area contributed by atoms with Gasteiger partial charge >= 0.3 is 0 Å². The summed E-state index contributed by atoms with van der Waals surface area (Å²) < 4.78 is 6.35. The van der Waals surface area contributed by atoms with E-state index < -0.39 is 0 Å². The quantitative estimate of drug-likeness (QED) is 0.723. The average Bonchev–Trinajstić information content (AvgIpc) is 2.62. The monoisotopic (exact) mass is 261 g/mol. The summed E-state index contributed by atoms with van der Waals surface area (Å²) in [5, 5.41) is 3.37. The standard InChI is InChI=1S/C12H20ClNOS/c1-10(2)9-15-7-3-6-14-8-11-4-5-12(13)16-11/h4-5,10,14H,3,6-9H2,1-2H3. The second kappa shape index (κ2) is 8.07. The van der Waals surface area contributed by atoms with E-state index in [1.165, 1.54) is 4.88 Å². The van der Waals surface area contributed by atoms with Gasteiger partial charge in [0.2, 0.25) is 0 Å². The Balaban J connectivity index is 1.92. The summed E-state index contributed by atoms with van der Waals surface area (Å²) in [5.41, 5.74) is 0. The number of ether oxygens (including phenoxy) is 1. The van der Waals surface area contributed by atoms with Crippen molar-refractivity contribution in [2.75, 3.05) is 19.8 Å². The van der Waals surface area contributed by atoms with Crippen molar-refractivity contribution in [2.45, 2.75) is 26.8 Å². The molecule has 16 heavy (non-hydrogen) atoms. The maximum Gasteiger partial charge on any atom is 0.0931 e. The fraction of sp³-hybridized carbons (Fsp3) is 0.667. The molecule has 2 nitrogen and oxygen atoms in total. The van der Waals surface area contributed by atoms with E-state index in [0.717, 1.165) is 37.1 Å². The molecule has 0 unspecified atom stereocenters. The summed E-state index contributed by atoms with van der Waals surface area (Å²) in [4.78, 5) is 1.29. The Hall–Kier alpha value is -0.0900. The fourth-order valence-corrected chi connectivity index (χ4v) is 2.33. The lowest BCUT2D eigenvalue weighted by Gasteiger charge is -2.07. The molecule has 0 aliphatic rings. The van der Waals surface area contributed by atoms with Gasteiger partial charge in [-0.3, -0.25) is 0 Å². The van der Waals surface area contributed by atoms with Crippen LogP contribution < -0.4 is 5.32 Å². The molecule has 0 saturated heterocycles. The van der Waals surface area contributed by atoms with E-state index in [1.807, 2.05) is 6.07 Å². The molecular formula is C12H20ClNOS. The highest BCUT2D eigenvalue weighted by molar-refractivity contribution is 7.16. The zero-order chi connectivity index (χ0) is 11.8. The van der Waals surface area contributed by atoms with Gasteiger partial charge in [0.25, 0.3) is 0 Å². The second-order valence-corrected chi connectivity index (χ2v) is 6.00. The van der Waals surface area contributed by atoms with Gasteiger partial charge in [0.1, 0.15) is 0 Å². The van der Waals surface area contributed by atoms with Crippen molar-refractivity contribution >= 4 is 22.9 Å². The van der Waals surface area contributed by atoms with E-state index in [-0.39, 0.29) is 0 Å². The molecule has 1 N–H and O–H groups in total. The summed E-state index contributed by atoms with van der Waals surface area (Å²) in [5.74, 6) is 0.626. The highest BCUT2D eigenvalue weighted by Gasteiger charge is 1.97. The lowest BCUT2D eigenvalue weighted by atomic mass is 10.2. The van der Waals surface area contributed by atoms with Gasteiger partial charge in [0, 0.05) is 24.6 Å².